The van der Waals surface area contributed by atoms with E-state index in [9.17, 15) is 4.79 Å². The second-order valence-electron chi connectivity index (χ2n) is 7.28. The molecule has 2 aliphatic rings. The Hall–Kier alpha value is -2.73. The highest BCUT2D eigenvalue weighted by Crippen LogP contribution is 2.32. The van der Waals surface area contributed by atoms with E-state index in [2.05, 4.69) is 19.1 Å². The van der Waals surface area contributed by atoms with Gasteiger partial charge in [0.1, 0.15) is 12.3 Å². The zero-order chi connectivity index (χ0) is 19.3. The van der Waals surface area contributed by atoms with Gasteiger partial charge in [0.25, 0.3) is 5.91 Å². The van der Waals surface area contributed by atoms with Crippen LogP contribution in [0.25, 0.3) is 0 Å². The standard InChI is InChI=1S/C22H26N2O4/c1-2-13-26-19-6-4-18(5-7-19)22(25)24-11-9-23(10-12-24)15-17-3-8-20-21(14-17)28-16-27-20/h3-8,14H,2,9-13,15-16H2,1H3/p+1. The molecule has 2 aromatic rings. The molecule has 0 unspecified atom stereocenters. The summed E-state index contributed by atoms with van der Waals surface area (Å²) in [6.45, 7) is 7.43. The van der Waals surface area contributed by atoms with E-state index in [4.69, 9.17) is 14.2 Å². The van der Waals surface area contributed by atoms with Crippen LogP contribution in [-0.4, -0.2) is 50.4 Å². The number of fused-ring (bicyclic) bond motifs is 1. The fourth-order valence-electron chi connectivity index (χ4n) is 3.64. The van der Waals surface area contributed by atoms with Gasteiger partial charge >= 0.3 is 0 Å². The van der Waals surface area contributed by atoms with Crippen LogP contribution in [0.5, 0.6) is 17.2 Å². The summed E-state index contributed by atoms with van der Waals surface area (Å²) in [5.74, 6) is 2.57. The maximum atomic E-state index is 12.8. The van der Waals surface area contributed by atoms with Gasteiger partial charge in [0, 0.05) is 11.1 Å². The van der Waals surface area contributed by atoms with Crippen molar-refractivity contribution >= 4 is 5.91 Å². The maximum absolute atomic E-state index is 12.8. The van der Waals surface area contributed by atoms with Gasteiger partial charge in [0.15, 0.2) is 11.5 Å². The van der Waals surface area contributed by atoms with Crippen molar-refractivity contribution < 1.29 is 23.9 Å². The van der Waals surface area contributed by atoms with Gasteiger partial charge in [-0.1, -0.05) is 6.92 Å². The Morgan fingerprint density at radius 2 is 1.82 bits per heavy atom. The minimum Gasteiger partial charge on any atom is -0.494 e. The molecule has 28 heavy (non-hydrogen) atoms. The minimum atomic E-state index is 0.101. The van der Waals surface area contributed by atoms with Crippen molar-refractivity contribution in [2.75, 3.05) is 39.6 Å². The predicted octanol–water partition coefficient (Wildman–Crippen LogP) is 1.74. The molecule has 0 aromatic heterocycles. The third kappa shape index (κ3) is 4.22. The first kappa shape index (κ1) is 18.6. The number of hydrogen-bond donors (Lipinski definition) is 1. The summed E-state index contributed by atoms with van der Waals surface area (Å²) < 4.78 is 16.4. The third-order valence-corrected chi connectivity index (χ3v) is 5.22. The van der Waals surface area contributed by atoms with Crippen molar-refractivity contribution in [3.05, 3.63) is 53.6 Å². The number of carbonyl (C=O) groups excluding carboxylic acids is 1. The summed E-state index contributed by atoms with van der Waals surface area (Å²) in [6.07, 6.45) is 0.972. The number of hydrogen-bond acceptors (Lipinski definition) is 4. The van der Waals surface area contributed by atoms with E-state index in [1.807, 2.05) is 35.2 Å². The first-order valence-corrected chi connectivity index (χ1v) is 9.97. The Labute approximate surface area is 165 Å². The number of rotatable bonds is 6. The van der Waals surface area contributed by atoms with Gasteiger partial charge in [-0.25, -0.2) is 0 Å². The van der Waals surface area contributed by atoms with E-state index in [1.165, 1.54) is 10.5 Å². The van der Waals surface area contributed by atoms with E-state index in [1.54, 1.807) is 0 Å². The molecule has 1 saturated heterocycles. The van der Waals surface area contributed by atoms with Gasteiger partial charge in [-0.3, -0.25) is 4.79 Å². The average Bonchev–Trinajstić information content (AvgIpc) is 3.20. The second kappa shape index (κ2) is 8.52. The number of nitrogens with one attached hydrogen (secondary N) is 1. The molecule has 1 amide bonds. The molecule has 2 heterocycles. The molecule has 6 nitrogen and oxygen atoms in total. The molecule has 0 atom stereocenters. The van der Waals surface area contributed by atoms with Gasteiger partial charge in [-0.15, -0.1) is 0 Å². The lowest BCUT2D eigenvalue weighted by atomic mass is 10.1. The Kier molecular flexibility index (Phi) is 5.67. The van der Waals surface area contributed by atoms with Crippen LogP contribution in [0.15, 0.2) is 42.5 Å². The smallest absolute Gasteiger partial charge is 0.254 e. The van der Waals surface area contributed by atoms with Gasteiger partial charge in [0.05, 0.1) is 32.8 Å². The maximum Gasteiger partial charge on any atom is 0.254 e. The van der Waals surface area contributed by atoms with Gasteiger partial charge in [-0.05, 0) is 48.9 Å². The van der Waals surface area contributed by atoms with Crippen LogP contribution in [-0.2, 0) is 6.54 Å². The average molecular weight is 383 g/mol. The number of piperazine rings is 1. The fourth-order valence-corrected chi connectivity index (χ4v) is 3.64. The predicted molar refractivity (Wildman–Crippen MR) is 105 cm³/mol. The van der Waals surface area contributed by atoms with Crippen molar-refractivity contribution in [1.29, 1.82) is 0 Å². The summed E-state index contributed by atoms with van der Waals surface area (Å²) in [4.78, 5) is 16.2. The summed E-state index contributed by atoms with van der Waals surface area (Å²) in [5, 5.41) is 0. The Morgan fingerprint density at radius 3 is 2.57 bits per heavy atom. The van der Waals surface area contributed by atoms with Crippen LogP contribution in [0.2, 0.25) is 0 Å². The number of amides is 1. The Morgan fingerprint density at radius 1 is 1.07 bits per heavy atom. The molecular weight excluding hydrogens is 356 g/mol. The summed E-state index contributed by atoms with van der Waals surface area (Å²) in [7, 11) is 0. The quantitative estimate of drug-likeness (QED) is 0.826. The summed E-state index contributed by atoms with van der Waals surface area (Å²) in [5.41, 5.74) is 1.96. The van der Waals surface area contributed by atoms with Crippen LogP contribution >= 0.6 is 0 Å². The molecule has 0 bridgehead atoms. The van der Waals surface area contributed by atoms with Crippen LogP contribution in [0.1, 0.15) is 29.3 Å². The van der Waals surface area contributed by atoms with E-state index < -0.39 is 0 Å². The highest BCUT2D eigenvalue weighted by atomic mass is 16.7. The van der Waals surface area contributed by atoms with Crippen LogP contribution in [0.3, 0.4) is 0 Å². The Bertz CT molecular complexity index is 814. The number of carbonyl (C=O) groups is 1. The van der Waals surface area contributed by atoms with Crippen LogP contribution < -0.4 is 19.1 Å². The highest BCUT2D eigenvalue weighted by molar-refractivity contribution is 5.94. The van der Waals surface area contributed by atoms with Gasteiger partial charge in [-0.2, -0.15) is 0 Å². The molecule has 0 radical (unpaired) electrons. The van der Waals surface area contributed by atoms with Crippen molar-refractivity contribution in [1.82, 2.24) is 4.90 Å². The van der Waals surface area contributed by atoms with Crippen molar-refractivity contribution in [3.63, 3.8) is 0 Å². The molecule has 148 valence electrons. The molecule has 6 heteroatoms. The molecule has 1 fully saturated rings. The first-order chi connectivity index (χ1) is 13.7. The monoisotopic (exact) mass is 383 g/mol. The van der Waals surface area contributed by atoms with E-state index in [-0.39, 0.29) is 5.91 Å². The van der Waals surface area contributed by atoms with E-state index in [0.29, 0.717) is 13.4 Å². The molecule has 2 aliphatic heterocycles. The minimum absolute atomic E-state index is 0.101. The van der Waals surface area contributed by atoms with Gasteiger partial charge in [0.2, 0.25) is 6.79 Å². The normalized spacial score (nSPS) is 16.2. The van der Waals surface area contributed by atoms with Gasteiger partial charge < -0.3 is 24.0 Å². The number of nitrogens with zero attached hydrogens (tertiary/aromatic N) is 1. The second-order valence-corrected chi connectivity index (χ2v) is 7.28. The SMILES string of the molecule is CCCOc1ccc(C(=O)N2CC[NH+](Cc3ccc4c(c3)OCO4)CC2)cc1. The molecule has 2 aromatic carbocycles. The third-order valence-electron chi connectivity index (χ3n) is 5.22. The van der Waals surface area contributed by atoms with Crippen LogP contribution in [0.4, 0.5) is 0 Å². The van der Waals surface area contributed by atoms with Crippen molar-refractivity contribution in [2.45, 2.75) is 19.9 Å². The lowest BCUT2D eigenvalue weighted by molar-refractivity contribution is -0.917. The lowest BCUT2D eigenvalue weighted by Gasteiger charge is -2.32. The van der Waals surface area contributed by atoms with Crippen molar-refractivity contribution in [2.24, 2.45) is 0 Å². The Balaban J connectivity index is 1.29. The summed E-state index contributed by atoms with van der Waals surface area (Å²) in [6, 6.07) is 13.6. The molecular formula is C22H27N2O4+. The zero-order valence-electron chi connectivity index (χ0n) is 16.3. The van der Waals surface area contributed by atoms with Crippen LogP contribution in [0, 0.1) is 0 Å². The topological polar surface area (TPSA) is 52.4 Å². The molecule has 4 rings (SSSR count). The first-order valence-electron chi connectivity index (χ1n) is 9.97. The lowest BCUT2D eigenvalue weighted by Crippen LogP contribution is -3.13. The fraction of sp³-hybridized carbons (Fsp3) is 0.409. The molecule has 0 spiro atoms. The van der Waals surface area contributed by atoms with E-state index in [0.717, 1.165) is 62.0 Å². The molecule has 0 saturated carbocycles. The largest absolute Gasteiger partial charge is 0.494 e. The van der Waals surface area contributed by atoms with E-state index >= 15 is 0 Å². The number of benzene rings is 2. The highest BCUT2D eigenvalue weighted by Gasteiger charge is 2.25. The summed E-state index contributed by atoms with van der Waals surface area (Å²) >= 11 is 0. The zero-order valence-corrected chi connectivity index (χ0v) is 16.3. The number of ether oxygens (including phenoxy) is 3. The number of quaternary nitrogens is 1. The molecule has 0 aliphatic carbocycles. The van der Waals surface area contributed by atoms with Crippen molar-refractivity contribution in [3.8, 4) is 17.2 Å². The molecule has 1 N–H and O–H groups in total.